The van der Waals surface area contributed by atoms with E-state index in [1.54, 1.807) is 12.1 Å². The molecule has 0 bridgehead atoms. The van der Waals surface area contributed by atoms with Gasteiger partial charge in [0, 0.05) is 12.0 Å². The van der Waals surface area contributed by atoms with Crippen LogP contribution in [0.1, 0.15) is 35.7 Å². The molecule has 22 heavy (non-hydrogen) atoms. The second-order valence-electron chi connectivity index (χ2n) is 5.26. The van der Waals surface area contributed by atoms with E-state index >= 15 is 0 Å². The first-order valence-corrected chi connectivity index (χ1v) is 7.36. The monoisotopic (exact) mass is 296 g/mol. The van der Waals surface area contributed by atoms with Crippen LogP contribution in [0.4, 0.5) is 0 Å². The van der Waals surface area contributed by atoms with E-state index in [0.717, 1.165) is 5.56 Å². The summed E-state index contributed by atoms with van der Waals surface area (Å²) in [6.45, 7) is 1.90. The van der Waals surface area contributed by atoms with Crippen molar-refractivity contribution in [3.8, 4) is 0 Å². The Hall–Kier alpha value is -2.42. The van der Waals surface area contributed by atoms with Crippen LogP contribution < -0.4 is 0 Å². The molecule has 0 saturated carbocycles. The number of rotatable bonds is 6. The van der Waals surface area contributed by atoms with Crippen molar-refractivity contribution in [1.29, 1.82) is 0 Å². The van der Waals surface area contributed by atoms with Gasteiger partial charge in [0.15, 0.2) is 5.78 Å². The van der Waals surface area contributed by atoms with Crippen LogP contribution in [0.3, 0.4) is 0 Å². The van der Waals surface area contributed by atoms with Crippen molar-refractivity contribution in [1.82, 2.24) is 0 Å². The zero-order valence-corrected chi connectivity index (χ0v) is 12.9. The van der Waals surface area contributed by atoms with E-state index in [1.807, 2.05) is 55.5 Å². The third-order valence-electron chi connectivity index (χ3n) is 4.06. The highest BCUT2D eigenvalue weighted by Crippen LogP contribution is 2.34. The van der Waals surface area contributed by atoms with Crippen LogP contribution in [0.15, 0.2) is 60.7 Å². The summed E-state index contributed by atoms with van der Waals surface area (Å²) in [4.78, 5) is 25.1. The van der Waals surface area contributed by atoms with Gasteiger partial charge in [0.05, 0.1) is 12.5 Å². The van der Waals surface area contributed by atoms with Gasteiger partial charge in [0.1, 0.15) is 0 Å². The van der Waals surface area contributed by atoms with Crippen molar-refractivity contribution in [3.63, 3.8) is 0 Å². The Morgan fingerprint density at radius 1 is 0.955 bits per heavy atom. The maximum atomic E-state index is 12.6. The zero-order chi connectivity index (χ0) is 16.0. The van der Waals surface area contributed by atoms with Crippen molar-refractivity contribution in [2.75, 3.05) is 7.11 Å². The number of benzene rings is 2. The van der Waals surface area contributed by atoms with Gasteiger partial charge in [-0.15, -0.1) is 0 Å². The quantitative estimate of drug-likeness (QED) is 0.602. The van der Waals surface area contributed by atoms with Gasteiger partial charge in [0.25, 0.3) is 0 Å². The highest BCUT2D eigenvalue weighted by molar-refractivity contribution is 6.00. The SMILES string of the molecule is CC[C@](CC(=O)c1ccccc1)(C(=O)OC)c1ccccc1. The van der Waals surface area contributed by atoms with Gasteiger partial charge >= 0.3 is 5.97 Å². The number of hydrogen-bond donors (Lipinski definition) is 0. The Bertz CT molecular complexity index is 634. The zero-order valence-electron chi connectivity index (χ0n) is 12.9. The summed E-state index contributed by atoms with van der Waals surface area (Å²) in [7, 11) is 1.36. The molecule has 0 spiro atoms. The second kappa shape index (κ2) is 7.03. The number of ether oxygens (including phenoxy) is 1. The summed E-state index contributed by atoms with van der Waals surface area (Å²) < 4.78 is 5.01. The summed E-state index contributed by atoms with van der Waals surface area (Å²) in [6.07, 6.45) is 0.604. The molecule has 2 rings (SSSR count). The second-order valence-corrected chi connectivity index (χ2v) is 5.26. The maximum Gasteiger partial charge on any atom is 0.316 e. The van der Waals surface area contributed by atoms with Gasteiger partial charge in [-0.25, -0.2) is 0 Å². The number of methoxy groups -OCH3 is 1. The first-order valence-electron chi connectivity index (χ1n) is 7.36. The molecule has 2 aromatic rings. The fraction of sp³-hybridized carbons (Fsp3) is 0.263. The van der Waals surface area contributed by atoms with Gasteiger partial charge in [-0.3, -0.25) is 9.59 Å². The lowest BCUT2D eigenvalue weighted by Gasteiger charge is -2.29. The van der Waals surface area contributed by atoms with Gasteiger partial charge < -0.3 is 4.74 Å². The van der Waals surface area contributed by atoms with Crippen molar-refractivity contribution in [3.05, 3.63) is 71.8 Å². The highest BCUT2D eigenvalue weighted by atomic mass is 16.5. The highest BCUT2D eigenvalue weighted by Gasteiger charge is 2.41. The smallest absolute Gasteiger partial charge is 0.316 e. The van der Waals surface area contributed by atoms with Gasteiger partial charge in [-0.2, -0.15) is 0 Å². The van der Waals surface area contributed by atoms with Crippen LogP contribution in [0.5, 0.6) is 0 Å². The number of Topliss-reactive ketones (excluding diaryl/α,β-unsaturated/α-hetero) is 1. The van der Waals surface area contributed by atoms with Crippen molar-refractivity contribution in [2.45, 2.75) is 25.2 Å². The van der Waals surface area contributed by atoms with Crippen LogP contribution in [0.2, 0.25) is 0 Å². The first kappa shape index (κ1) is 16.0. The Balaban J connectivity index is 2.41. The molecule has 0 N–H and O–H groups in total. The largest absolute Gasteiger partial charge is 0.468 e. The molecule has 114 valence electrons. The molecule has 0 heterocycles. The standard InChI is InChI=1S/C19H20O3/c1-3-19(18(21)22-2,16-12-8-5-9-13-16)14-17(20)15-10-6-4-7-11-15/h4-13H,3,14H2,1-2H3/t19-/m1/s1. The van der Waals surface area contributed by atoms with Crippen LogP contribution in [0, 0.1) is 0 Å². The minimum absolute atomic E-state index is 0.0586. The molecule has 1 atom stereocenters. The van der Waals surface area contributed by atoms with Crippen LogP contribution in [-0.2, 0) is 14.9 Å². The topological polar surface area (TPSA) is 43.4 Å². The molecule has 0 amide bonds. The summed E-state index contributed by atoms with van der Waals surface area (Å²) in [5.74, 6) is -0.429. The van der Waals surface area contributed by atoms with Crippen LogP contribution in [-0.4, -0.2) is 18.9 Å². The van der Waals surface area contributed by atoms with E-state index in [-0.39, 0.29) is 18.2 Å². The van der Waals surface area contributed by atoms with Crippen LogP contribution >= 0.6 is 0 Å². The molecule has 0 aliphatic carbocycles. The van der Waals surface area contributed by atoms with Gasteiger partial charge in [-0.05, 0) is 12.0 Å². The molecule has 0 fully saturated rings. The number of carbonyl (C=O) groups is 2. The molecule has 0 aliphatic heterocycles. The molecule has 0 aliphatic rings. The molecular weight excluding hydrogens is 276 g/mol. The van der Waals surface area contributed by atoms with E-state index in [4.69, 9.17) is 4.74 Å². The number of ketones is 1. The Labute approximate surface area is 130 Å². The van der Waals surface area contributed by atoms with E-state index in [2.05, 4.69) is 0 Å². The van der Waals surface area contributed by atoms with E-state index in [1.165, 1.54) is 7.11 Å². The molecule has 3 heteroatoms. The molecule has 0 radical (unpaired) electrons. The fourth-order valence-corrected chi connectivity index (χ4v) is 2.72. The van der Waals surface area contributed by atoms with Crippen molar-refractivity contribution >= 4 is 11.8 Å². The molecule has 3 nitrogen and oxygen atoms in total. The summed E-state index contributed by atoms with van der Waals surface area (Å²) in [6, 6.07) is 18.4. The van der Waals surface area contributed by atoms with E-state index in [0.29, 0.717) is 12.0 Å². The summed E-state index contributed by atoms with van der Waals surface area (Å²) >= 11 is 0. The molecule has 0 aromatic heterocycles. The van der Waals surface area contributed by atoms with Crippen LogP contribution in [0.25, 0.3) is 0 Å². The Morgan fingerprint density at radius 2 is 1.50 bits per heavy atom. The fourth-order valence-electron chi connectivity index (χ4n) is 2.72. The maximum absolute atomic E-state index is 12.6. The van der Waals surface area contributed by atoms with Gasteiger partial charge in [0.2, 0.25) is 0 Å². The number of carbonyl (C=O) groups excluding carboxylic acids is 2. The van der Waals surface area contributed by atoms with Crippen molar-refractivity contribution in [2.24, 2.45) is 0 Å². The van der Waals surface area contributed by atoms with Crippen molar-refractivity contribution < 1.29 is 14.3 Å². The summed E-state index contributed by atoms with van der Waals surface area (Å²) in [5, 5.41) is 0. The minimum Gasteiger partial charge on any atom is -0.468 e. The molecule has 0 unspecified atom stereocenters. The molecular formula is C19H20O3. The average Bonchev–Trinajstić information content (AvgIpc) is 2.60. The first-order chi connectivity index (χ1) is 10.6. The Kier molecular flexibility index (Phi) is 5.10. The third kappa shape index (κ3) is 3.08. The predicted octanol–water partition coefficient (Wildman–Crippen LogP) is 3.78. The Morgan fingerprint density at radius 3 is 2.00 bits per heavy atom. The lowest BCUT2D eigenvalue weighted by Crippen LogP contribution is -2.38. The van der Waals surface area contributed by atoms with E-state index < -0.39 is 5.41 Å². The predicted molar refractivity (Wildman–Crippen MR) is 85.8 cm³/mol. The lowest BCUT2D eigenvalue weighted by atomic mass is 9.73. The minimum atomic E-state index is -0.942. The lowest BCUT2D eigenvalue weighted by molar-refractivity contribution is -0.147. The third-order valence-corrected chi connectivity index (χ3v) is 4.06. The average molecular weight is 296 g/mol. The normalized spacial score (nSPS) is 13.2. The molecule has 0 saturated heterocycles. The summed E-state index contributed by atoms with van der Waals surface area (Å²) in [5.41, 5.74) is 0.483. The molecule has 2 aromatic carbocycles. The van der Waals surface area contributed by atoms with Gasteiger partial charge in [-0.1, -0.05) is 67.6 Å². The number of hydrogen-bond acceptors (Lipinski definition) is 3. The number of esters is 1. The van der Waals surface area contributed by atoms with E-state index in [9.17, 15) is 9.59 Å².